The summed E-state index contributed by atoms with van der Waals surface area (Å²) in [5, 5.41) is 2.10. The molecule has 0 amide bonds. The second kappa shape index (κ2) is 5.67. The molecule has 0 aliphatic rings. The van der Waals surface area contributed by atoms with Gasteiger partial charge in [0, 0.05) is 0 Å². The smallest absolute Gasteiger partial charge is 0.343 e. The minimum atomic E-state index is -0.398. The Kier molecular flexibility index (Phi) is 3.56. The summed E-state index contributed by atoms with van der Waals surface area (Å²) in [5.74, 6) is 0.551. The topological polar surface area (TPSA) is 35.5 Å². The van der Waals surface area contributed by atoms with Gasteiger partial charge in [0.25, 0.3) is 0 Å². The number of methoxy groups -OCH3 is 1. The molecular formula is C18H14O3. The highest BCUT2D eigenvalue weighted by molar-refractivity contribution is 5.96. The lowest BCUT2D eigenvalue weighted by Crippen LogP contribution is -2.09. The fourth-order valence-electron chi connectivity index (χ4n) is 2.18. The van der Waals surface area contributed by atoms with Gasteiger partial charge in [-0.05, 0) is 35.0 Å². The lowest BCUT2D eigenvalue weighted by atomic mass is 10.1. The van der Waals surface area contributed by atoms with Crippen LogP contribution in [0.1, 0.15) is 10.4 Å². The molecule has 0 fully saturated rings. The third-order valence-electron chi connectivity index (χ3n) is 3.26. The molecule has 0 radical (unpaired) electrons. The Bertz CT molecular complexity index is 793. The zero-order valence-corrected chi connectivity index (χ0v) is 11.6. The van der Waals surface area contributed by atoms with Gasteiger partial charge in [-0.3, -0.25) is 0 Å². The van der Waals surface area contributed by atoms with E-state index in [4.69, 9.17) is 9.47 Å². The van der Waals surface area contributed by atoms with Crippen LogP contribution in [0.2, 0.25) is 0 Å². The summed E-state index contributed by atoms with van der Waals surface area (Å²) in [7, 11) is 1.54. The molecule has 0 saturated carbocycles. The van der Waals surface area contributed by atoms with Crippen molar-refractivity contribution in [2.45, 2.75) is 0 Å². The first-order valence-electron chi connectivity index (χ1n) is 6.62. The van der Waals surface area contributed by atoms with E-state index in [-0.39, 0.29) is 0 Å². The second-order valence-corrected chi connectivity index (χ2v) is 4.60. The Morgan fingerprint density at radius 2 is 1.48 bits per heavy atom. The third-order valence-corrected chi connectivity index (χ3v) is 3.26. The van der Waals surface area contributed by atoms with Crippen LogP contribution in [0.25, 0.3) is 10.8 Å². The Morgan fingerprint density at radius 3 is 2.24 bits per heavy atom. The van der Waals surface area contributed by atoms with Gasteiger partial charge in [-0.2, -0.15) is 0 Å². The predicted molar refractivity (Wildman–Crippen MR) is 81.9 cm³/mol. The quantitative estimate of drug-likeness (QED) is 0.535. The van der Waals surface area contributed by atoms with E-state index in [0.717, 1.165) is 10.8 Å². The molecule has 3 nitrogen and oxygen atoms in total. The number of rotatable bonds is 3. The number of hydrogen-bond acceptors (Lipinski definition) is 3. The molecule has 0 heterocycles. The van der Waals surface area contributed by atoms with Crippen molar-refractivity contribution in [2.75, 3.05) is 7.11 Å². The van der Waals surface area contributed by atoms with E-state index in [2.05, 4.69) is 0 Å². The highest BCUT2D eigenvalue weighted by atomic mass is 16.6. The molecule has 3 rings (SSSR count). The number of carbonyl (C=O) groups is 1. The first kappa shape index (κ1) is 13.2. The Balaban J connectivity index is 1.90. The third kappa shape index (κ3) is 2.72. The van der Waals surface area contributed by atoms with Crippen LogP contribution in [-0.2, 0) is 0 Å². The lowest BCUT2D eigenvalue weighted by Gasteiger charge is -2.09. The molecule has 3 aromatic carbocycles. The number of esters is 1. The van der Waals surface area contributed by atoms with Gasteiger partial charge >= 0.3 is 5.97 Å². The van der Waals surface area contributed by atoms with Crippen LogP contribution in [0.3, 0.4) is 0 Å². The second-order valence-electron chi connectivity index (χ2n) is 4.60. The molecule has 0 N–H and O–H groups in total. The van der Waals surface area contributed by atoms with E-state index in [9.17, 15) is 4.79 Å². The molecule has 0 atom stereocenters. The molecule has 0 bridgehead atoms. The standard InChI is InChI=1S/C18H14O3/c1-20-16-8-4-5-9-17(16)21-18(19)15-11-10-13-6-2-3-7-14(13)12-15/h2-12H,1H3. The van der Waals surface area contributed by atoms with Crippen LogP contribution in [0, 0.1) is 0 Å². The molecule has 0 aromatic heterocycles. The highest BCUT2D eigenvalue weighted by Gasteiger charge is 2.12. The van der Waals surface area contributed by atoms with Crippen molar-refractivity contribution in [3.8, 4) is 11.5 Å². The highest BCUT2D eigenvalue weighted by Crippen LogP contribution is 2.27. The van der Waals surface area contributed by atoms with Crippen LogP contribution >= 0.6 is 0 Å². The van der Waals surface area contributed by atoms with E-state index in [0.29, 0.717) is 17.1 Å². The van der Waals surface area contributed by atoms with Gasteiger partial charge in [0.2, 0.25) is 0 Å². The summed E-state index contributed by atoms with van der Waals surface area (Å²) in [4.78, 5) is 12.2. The zero-order chi connectivity index (χ0) is 14.7. The van der Waals surface area contributed by atoms with Crippen molar-refractivity contribution < 1.29 is 14.3 Å². The molecule has 0 aliphatic heterocycles. The van der Waals surface area contributed by atoms with E-state index in [1.807, 2.05) is 42.5 Å². The average molecular weight is 278 g/mol. The van der Waals surface area contributed by atoms with E-state index < -0.39 is 5.97 Å². The largest absolute Gasteiger partial charge is 0.493 e. The number of ether oxygens (including phenoxy) is 2. The predicted octanol–water partition coefficient (Wildman–Crippen LogP) is 4.07. The summed E-state index contributed by atoms with van der Waals surface area (Å²) >= 11 is 0. The lowest BCUT2D eigenvalue weighted by molar-refractivity contribution is 0.0730. The maximum Gasteiger partial charge on any atom is 0.343 e. The Morgan fingerprint density at radius 1 is 0.810 bits per heavy atom. The normalized spacial score (nSPS) is 10.3. The van der Waals surface area contributed by atoms with Gasteiger partial charge in [-0.1, -0.05) is 42.5 Å². The SMILES string of the molecule is COc1ccccc1OC(=O)c1ccc2ccccc2c1. The van der Waals surface area contributed by atoms with E-state index in [1.54, 1.807) is 31.4 Å². The maximum absolute atomic E-state index is 12.2. The number of carbonyl (C=O) groups excluding carboxylic acids is 1. The Hall–Kier alpha value is -2.81. The van der Waals surface area contributed by atoms with Crippen molar-refractivity contribution in [1.82, 2.24) is 0 Å². The van der Waals surface area contributed by atoms with Crippen molar-refractivity contribution in [2.24, 2.45) is 0 Å². The van der Waals surface area contributed by atoms with E-state index in [1.165, 1.54) is 0 Å². The van der Waals surface area contributed by atoms with E-state index >= 15 is 0 Å². The zero-order valence-electron chi connectivity index (χ0n) is 11.6. The minimum Gasteiger partial charge on any atom is -0.493 e. The fourth-order valence-corrected chi connectivity index (χ4v) is 2.18. The van der Waals surface area contributed by atoms with Crippen molar-refractivity contribution in [1.29, 1.82) is 0 Å². The molecule has 3 aromatic rings. The molecular weight excluding hydrogens is 264 g/mol. The minimum absolute atomic E-state index is 0.398. The van der Waals surface area contributed by atoms with Crippen LogP contribution in [0.15, 0.2) is 66.7 Å². The molecule has 0 aliphatic carbocycles. The number of fused-ring (bicyclic) bond motifs is 1. The fraction of sp³-hybridized carbons (Fsp3) is 0.0556. The number of benzene rings is 3. The molecule has 0 unspecified atom stereocenters. The summed E-state index contributed by atoms with van der Waals surface area (Å²) in [5.41, 5.74) is 0.514. The first-order chi connectivity index (χ1) is 10.3. The molecule has 0 spiro atoms. The first-order valence-corrected chi connectivity index (χ1v) is 6.62. The van der Waals surface area contributed by atoms with Crippen LogP contribution < -0.4 is 9.47 Å². The number of para-hydroxylation sites is 2. The average Bonchev–Trinajstić information content (AvgIpc) is 2.55. The van der Waals surface area contributed by atoms with Crippen molar-refractivity contribution in [3.05, 3.63) is 72.3 Å². The molecule has 0 saturated heterocycles. The molecule has 104 valence electrons. The van der Waals surface area contributed by atoms with Crippen LogP contribution in [0.5, 0.6) is 11.5 Å². The molecule has 3 heteroatoms. The summed E-state index contributed by atoms with van der Waals surface area (Å²) in [6.07, 6.45) is 0. The van der Waals surface area contributed by atoms with Crippen molar-refractivity contribution in [3.63, 3.8) is 0 Å². The van der Waals surface area contributed by atoms with Crippen LogP contribution in [-0.4, -0.2) is 13.1 Å². The van der Waals surface area contributed by atoms with Gasteiger partial charge in [0.05, 0.1) is 12.7 Å². The van der Waals surface area contributed by atoms with Crippen LogP contribution in [0.4, 0.5) is 0 Å². The van der Waals surface area contributed by atoms with Gasteiger partial charge in [0.15, 0.2) is 11.5 Å². The number of hydrogen-bond donors (Lipinski definition) is 0. The van der Waals surface area contributed by atoms with Crippen molar-refractivity contribution >= 4 is 16.7 Å². The summed E-state index contributed by atoms with van der Waals surface area (Å²) < 4.78 is 10.6. The molecule has 21 heavy (non-hydrogen) atoms. The van der Waals surface area contributed by atoms with Gasteiger partial charge < -0.3 is 9.47 Å². The maximum atomic E-state index is 12.2. The van der Waals surface area contributed by atoms with Gasteiger partial charge in [-0.15, -0.1) is 0 Å². The Labute approximate surface area is 122 Å². The van der Waals surface area contributed by atoms with Gasteiger partial charge in [0.1, 0.15) is 0 Å². The summed E-state index contributed by atoms with van der Waals surface area (Å²) in [6.45, 7) is 0. The summed E-state index contributed by atoms with van der Waals surface area (Å²) in [6, 6.07) is 20.5. The monoisotopic (exact) mass is 278 g/mol. The van der Waals surface area contributed by atoms with Gasteiger partial charge in [-0.25, -0.2) is 4.79 Å².